The molecule has 21 heavy (non-hydrogen) atoms. The highest BCUT2D eigenvalue weighted by Crippen LogP contribution is 2.17. The van der Waals surface area contributed by atoms with Gasteiger partial charge in [-0.2, -0.15) is 0 Å². The Morgan fingerprint density at radius 2 is 1.71 bits per heavy atom. The van der Waals surface area contributed by atoms with Crippen LogP contribution in [0.1, 0.15) is 6.92 Å². The number of likely N-dealkylation sites (N-methyl/N-ethyl adjacent to an activating group) is 1. The largest absolute Gasteiger partial charge is 0.338 e. The summed E-state index contributed by atoms with van der Waals surface area (Å²) in [6.45, 7) is 3.02. The fourth-order valence-electron chi connectivity index (χ4n) is 2.62. The summed E-state index contributed by atoms with van der Waals surface area (Å²) in [5.41, 5.74) is 2.04. The molecule has 106 valence electrons. The summed E-state index contributed by atoms with van der Waals surface area (Å²) in [6.07, 6.45) is 1.97. The average molecular weight is 278 g/mol. The number of nitrogens with zero attached hydrogens (tertiary/aromatic N) is 2. The van der Waals surface area contributed by atoms with Crippen LogP contribution >= 0.6 is 0 Å². The number of hydrogen-bond donors (Lipinski definition) is 0. The zero-order valence-corrected chi connectivity index (χ0v) is 12.1. The van der Waals surface area contributed by atoms with E-state index in [1.54, 1.807) is 0 Å². The van der Waals surface area contributed by atoms with Gasteiger partial charge in [-0.25, -0.2) is 0 Å². The number of amides is 1. The lowest BCUT2D eigenvalue weighted by atomic mass is 10.2. The third-order valence-corrected chi connectivity index (χ3v) is 3.67. The molecule has 0 fully saturated rings. The van der Waals surface area contributed by atoms with Crippen molar-refractivity contribution >= 4 is 22.5 Å². The summed E-state index contributed by atoms with van der Waals surface area (Å²) in [4.78, 5) is 14.4. The summed E-state index contributed by atoms with van der Waals surface area (Å²) in [6, 6.07) is 20.0. The molecule has 0 aliphatic rings. The van der Waals surface area contributed by atoms with Crippen LogP contribution in [0.2, 0.25) is 0 Å². The van der Waals surface area contributed by atoms with Crippen LogP contribution in [-0.4, -0.2) is 17.0 Å². The first-order chi connectivity index (χ1) is 10.3. The Kier molecular flexibility index (Phi) is 3.73. The van der Waals surface area contributed by atoms with E-state index < -0.39 is 0 Å². The second-order valence-corrected chi connectivity index (χ2v) is 4.98. The number of carbonyl (C=O) groups is 1. The van der Waals surface area contributed by atoms with Crippen molar-refractivity contribution in [3.05, 3.63) is 66.9 Å². The summed E-state index contributed by atoms with van der Waals surface area (Å²) < 4.78 is 2.00. The molecule has 0 saturated carbocycles. The van der Waals surface area contributed by atoms with Crippen molar-refractivity contribution in [1.29, 1.82) is 0 Å². The van der Waals surface area contributed by atoms with Crippen LogP contribution in [0.5, 0.6) is 0 Å². The number of fused-ring (bicyclic) bond motifs is 1. The van der Waals surface area contributed by atoms with Gasteiger partial charge in [-0.15, -0.1) is 0 Å². The van der Waals surface area contributed by atoms with E-state index in [-0.39, 0.29) is 5.91 Å². The fourth-order valence-corrected chi connectivity index (χ4v) is 2.62. The number of anilines is 1. The quantitative estimate of drug-likeness (QED) is 0.714. The molecule has 0 saturated heterocycles. The molecule has 0 radical (unpaired) electrons. The first-order valence-corrected chi connectivity index (χ1v) is 7.19. The first-order valence-electron chi connectivity index (χ1n) is 7.19. The van der Waals surface area contributed by atoms with Crippen LogP contribution in [0.25, 0.3) is 10.9 Å². The Morgan fingerprint density at radius 1 is 1.00 bits per heavy atom. The molecule has 3 nitrogen and oxygen atoms in total. The van der Waals surface area contributed by atoms with Crippen molar-refractivity contribution in [3.63, 3.8) is 0 Å². The molecule has 0 aliphatic heterocycles. The van der Waals surface area contributed by atoms with E-state index in [1.165, 1.54) is 0 Å². The Balaban J connectivity index is 1.85. The highest BCUT2D eigenvalue weighted by atomic mass is 16.2. The van der Waals surface area contributed by atoms with Gasteiger partial charge in [-0.1, -0.05) is 36.4 Å². The van der Waals surface area contributed by atoms with Crippen molar-refractivity contribution in [1.82, 2.24) is 4.57 Å². The monoisotopic (exact) mass is 278 g/mol. The van der Waals surface area contributed by atoms with Gasteiger partial charge in [0.05, 0.1) is 0 Å². The van der Waals surface area contributed by atoms with Gasteiger partial charge in [0.25, 0.3) is 0 Å². The molecule has 3 rings (SSSR count). The molecule has 0 atom stereocenters. The number of para-hydroxylation sites is 2. The van der Waals surface area contributed by atoms with E-state index in [2.05, 4.69) is 6.07 Å². The van der Waals surface area contributed by atoms with Gasteiger partial charge in [0.1, 0.15) is 6.54 Å². The Labute approximate surface area is 124 Å². The molecule has 0 unspecified atom stereocenters. The molecule has 2 aromatic carbocycles. The normalized spacial score (nSPS) is 10.7. The number of hydrogen-bond acceptors (Lipinski definition) is 1. The van der Waals surface area contributed by atoms with E-state index in [0.29, 0.717) is 13.1 Å². The van der Waals surface area contributed by atoms with E-state index in [4.69, 9.17) is 0 Å². The number of aromatic nitrogens is 1. The highest BCUT2D eigenvalue weighted by molar-refractivity contribution is 5.94. The molecule has 0 aliphatic carbocycles. The summed E-state index contributed by atoms with van der Waals surface area (Å²) in [5, 5.41) is 1.16. The second-order valence-electron chi connectivity index (χ2n) is 4.98. The van der Waals surface area contributed by atoms with Gasteiger partial charge in [0, 0.05) is 23.9 Å². The van der Waals surface area contributed by atoms with Crippen LogP contribution in [0.15, 0.2) is 66.9 Å². The Bertz CT molecular complexity index is 746. The molecule has 1 amide bonds. The summed E-state index contributed by atoms with van der Waals surface area (Å²) in [7, 11) is 0. The molecule has 0 bridgehead atoms. The average Bonchev–Trinajstić information content (AvgIpc) is 2.92. The van der Waals surface area contributed by atoms with Crippen LogP contribution in [0.4, 0.5) is 5.69 Å². The maximum absolute atomic E-state index is 12.6. The van der Waals surface area contributed by atoms with Crippen LogP contribution in [-0.2, 0) is 11.3 Å². The standard InChI is InChI=1S/C18H18N2O/c1-2-20(16-9-4-3-5-10-16)18(21)14-19-13-12-15-8-6-7-11-17(15)19/h3-13H,2,14H2,1H3. The highest BCUT2D eigenvalue weighted by Gasteiger charge is 2.14. The van der Waals surface area contributed by atoms with Crippen LogP contribution < -0.4 is 4.90 Å². The number of rotatable bonds is 4. The number of carbonyl (C=O) groups excluding carboxylic acids is 1. The zero-order chi connectivity index (χ0) is 14.7. The molecular formula is C18H18N2O. The lowest BCUT2D eigenvalue weighted by Gasteiger charge is -2.21. The van der Waals surface area contributed by atoms with Gasteiger partial charge < -0.3 is 9.47 Å². The Hall–Kier alpha value is -2.55. The van der Waals surface area contributed by atoms with Crippen molar-refractivity contribution in [2.75, 3.05) is 11.4 Å². The topological polar surface area (TPSA) is 25.2 Å². The molecule has 1 heterocycles. The van der Waals surface area contributed by atoms with Gasteiger partial charge >= 0.3 is 0 Å². The third kappa shape index (κ3) is 2.68. The molecule has 0 N–H and O–H groups in total. The number of benzene rings is 2. The smallest absolute Gasteiger partial charge is 0.246 e. The predicted molar refractivity (Wildman–Crippen MR) is 86.4 cm³/mol. The zero-order valence-electron chi connectivity index (χ0n) is 12.1. The van der Waals surface area contributed by atoms with Gasteiger partial charge in [-0.3, -0.25) is 4.79 Å². The summed E-state index contributed by atoms with van der Waals surface area (Å²) >= 11 is 0. The molecule has 1 aromatic heterocycles. The van der Waals surface area contributed by atoms with E-state index in [1.807, 2.05) is 77.2 Å². The predicted octanol–water partition coefficient (Wildman–Crippen LogP) is 3.69. The maximum Gasteiger partial charge on any atom is 0.246 e. The minimum Gasteiger partial charge on any atom is -0.338 e. The Morgan fingerprint density at radius 3 is 2.48 bits per heavy atom. The lowest BCUT2D eigenvalue weighted by molar-refractivity contribution is -0.119. The fraction of sp³-hybridized carbons (Fsp3) is 0.167. The molecule has 3 heteroatoms. The van der Waals surface area contributed by atoms with Crippen molar-refractivity contribution in [2.45, 2.75) is 13.5 Å². The second kappa shape index (κ2) is 5.83. The first kappa shape index (κ1) is 13.4. The lowest BCUT2D eigenvalue weighted by Crippen LogP contribution is -2.33. The van der Waals surface area contributed by atoms with Crippen molar-refractivity contribution < 1.29 is 4.79 Å². The SMILES string of the molecule is CCN(C(=O)Cn1ccc2ccccc21)c1ccccc1. The minimum atomic E-state index is 0.102. The molecular weight excluding hydrogens is 260 g/mol. The van der Waals surface area contributed by atoms with E-state index in [0.717, 1.165) is 16.6 Å². The summed E-state index contributed by atoms with van der Waals surface area (Å²) in [5.74, 6) is 0.102. The molecule has 0 spiro atoms. The third-order valence-electron chi connectivity index (χ3n) is 3.67. The van der Waals surface area contributed by atoms with Gasteiger partial charge in [0.15, 0.2) is 0 Å². The molecule has 3 aromatic rings. The van der Waals surface area contributed by atoms with Crippen LogP contribution in [0, 0.1) is 0 Å². The van der Waals surface area contributed by atoms with E-state index in [9.17, 15) is 4.79 Å². The minimum absolute atomic E-state index is 0.102. The maximum atomic E-state index is 12.6. The van der Waals surface area contributed by atoms with Crippen molar-refractivity contribution in [2.24, 2.45) is 0 Å². The van der Waals surface area contributed by atoms with E-state index >= 15 is 0 Å². The van der Waals surface area contributed by atoms with Gasteiger partial charge in [0.2, 0.25) is 5.91 Å². The van der Waals surface area contributed by atoms with Gasteiger partial charge in [-0.05, 0) is 36.6 Å². The van der Waals surface area contributed by atoms with Crippen molar-refractivity contribution in [3.8, 4) is 0 Å². The van der Waals surface area contributed by atoms with Crippen LogP contribution in [0.3, 0.4) is 0 Å².